The highest BCUT2D eigenvalue weighted by Gasteiger charge is 2.26. The molecule has 0 heterocycles. The maximum absolute atomic E-state index is 12.5. The molecule has 0 aliphatic heterocycles. The van der Waals surface area contributed by atoms with Crippen molar-refractivity contribution >= 4 is 27.3 Å². The van der Waals surface area contributed by atoms with Crippen molar-refractivity contribution in [1.29, 1.82) is 0 Å². The lowest BCUT2D eigenvalue weighted by molar-refractivity contribution is 0.303. The molecule has 0 saturated heterocycles. The van der Waals surface area contributed by atoms with E-state index in [4.69, 9.17) is 17.3 Å². The summed E-state index contributed by atoms with van der Waals surface area (Å²) in [4.78, 5) is 0.0647. The zero-order valence-electron chi connectivity index (χ0n) is 12.5. The van der Waals surface area contributed by atoms with E-state index in [1.165, 1.54) is 25.3 Å². The molecule has 1 aliphatic rings. The zero-order valence-corrected chi connectivity index (χ0v) is 14.1. The molecule has 6 heteroatoms. The first kappa shape index (κ1) is 16.6. The molecule has 1 aromatic rings. The van der Waals surface area contributed by atoms with Crippen LogP contribution in [0.15, 0.2) is 17.0 Å². The van der Waals surface area contributed by atoms with Crippen LogP contribution in [0.25, 0.3) is 0 Å². The van der Waals surface area contributed by atoms with E-state index in [0.29, 0.717) is 11.6 Å². The Bertz CT molecular complexity index is 610. The number of nitrogens with two attached hydrogens (primary N) is 1. The zero-order chi connectivity index (χ0) is 15.6. The fourth-order valence-corrected chi connectivity index (χ4v) is 4.84. The van der Waals surface area contributed by atoms with Gasteiger partial charge in [-0.2, -0.15) is 0 Å². The van der Waals surface area contributed by atoms with E-state index in [1.807, 2.05) is 6.92 Å². The molecule has 0 amide bonds. The van der Waals surface area contributed by atoms with Crippen molar-refractivity contribution in [3.8, 4) is 0 Å². The van der Waals surface area contributed by atoms with Crippen molar-refractivity contribution in [3.05, 3.63) is 22.7 Å². The molecule has 1 fully saturated rings. The Morgan fingerprint density at radius 3 is 2.52 bits per heavy atom. The van der Waals surface area contributed by atoms with Crippen LogP contribution in [-0.2, 0) is 10.0 Å². The van der Waals surface area contributed by atoms with E-state index in [2.05, 4.69) is 4.72 Å². The third-order valence-electron chi connectivity index (χ3n) is 4.31. The second kappa shape index (κ2) is 6.55. The first-order chi connectivity index (χ1) is 9.81. The predicted octanol–water partition coefficient (Wildman–Crippen LogP) is 3.48. The summed E-state index contributed by atoms with van der Waals surface area (Å²) in [7, 11) is -3.64. The number of anilines is 1. The highest BCUT2D eigenvalue weighted by Crippen LogP contribution is 2.30. The maximum atomic E-state index is 12.5. The van der Waals surface area contributed by atoms with Crippen molar-refractivity contribution in [2.75, 3.05) is 5.73 Å². The number of rotatable bonds is 4. The molecule has 0 radical (unpaired) electrons. The van der Waals surface area contributed by atoms with Crippen molar-refractivity contribution in [2.24, 2.45) is 5.92 Å². The lowest BCUT2D eigenvalue weighted by Crippen LogP contribution is -2.39. The van der Waals surface area contributed by atoms with Gasteiger partial charge in [-0.3, -0.25) is 0 Å². The average molecular weight is 331 g/mol. The van der Waals surface area contributed by atoms with Crippen LogP contribution in [0.3, 0.4) is 0 Å². The third kappa shape index (κ3) is 3.90. The fourth-order valence-electron chi connectivity index (χ4n) is 2.91. The molecule has 3 N–H and O–H groups in total. The van der Waals surface area contributed by atoms with Gasteiger partial charge in [-0.05, 0) is 50.3 Å². The molecule has 4 nitrogen and oxygen atoms in total. The van der Waals surface area contributed by atoms with E-state index >= 15 is 0 Å². The summed E-state index contributed by atoms with van der Waals surface area (Å²) in [5.74, 6) is 0.398. The van der Waals surface area contributed by atoms with Crippen LogP contribution in [-0.4, -0.2) is 14.5 Å². The van der Waals surface area contributed by atoms with Crippen molar-refractivity contribution in [1.82, 2.24) is 4.72 Å². The Hall–Kier alpha value is -0.780. The number of hydrogen-bond donors (Lipinski definition) is 2. The summed E-state index contributed by atoms with van der Waals surface area (Å²) in [6, 6.07) is 2.94. The van der Waals surface area contributed by atoms with E-state index in [9.17, 15) is 8.42 Å². The Morgan fingerprint density at radius 1 is 1.29 bits per heavy atom. The third-order valence-corrected chi connectivity index (χ3v) is 6.33. The number of nitrogens with one attached hydrogen (secondary N) is 1. The number of aryl methyl sites for hydroxylation is 1. The molecule has 0 bridgehead atoms. The SMILES string of the molecule is Cc1cc(Cl)c(S(=O)(=O)NC(C)C2CCCCC2)cc1N. The largest absolute Gasteiger partial charge is 0.398 e. The van der Waals surface area contributed by atoms with Gasteiger partial charge < -0.3 is 5.73 Å². The fraction of sp³-hybridized carbons (Fsp3) is 0.600. The molecule has 1 saturated carbocycles. The monoisotopic (exact) mass is 330 g/mol. The predicted molar refractivity (Wildman–Crippen MR) is 87.0 cm³/mol. The quantitative estimate of drug-likeness (QED) is 0.830. The summed E-state index contributed by atoms with van der Waals surface area (Å²) < 4.78 is 27.8. The Labute approximate surface area is 132 Å². The summed E-state index contributed by atoms with van der Waals surface area (Å²) in [5.41, 5.74) is 7.02. The van der Waals surface area contributed by atoms with Gasteiger partial charge in [0.05, 0.1) is 5.02 Å². The van der Waals surface area contributed by atoms with Gasteiger partial charge in [0.15, 0.2) is 0 Å². The number of benzene rings is 1. The van der Waals surface area contributed by atoms with Gasteiger partial charge in [-0.1, -0.05) is 30.9 Å². The molecule has 1 unspecified atom stereocenters. The minimum Gasteiger partial charge on any atom is -0.398 e. The molecule has 1 atom stereocenters. The Balaban J connectivity index is 2.20. The molecule has 0 spiro atoms. The van der Waals surface area contributed by atoms with E-state index in [0.717, 1.165) is 18.4 Å². The first-order valence-corrected chi connectivity index (χ1v) is 9.25. The Kier molecular flexibility index (Phi) is 5.17. The summed E-state index contributed by atoms with van der Waals surface area (Å²) >= 11 is 6.08. The molecular weight excluding hydrogens is 308 g/mol. The van der Waals surface area contributed by atoms with Gasteiger partial charge in [-0.15, -0.1) is 0 Å². The standard InChI is InChI=1S/C15H23ClN2O2S/c1-10-8-13(16)15(9-14(10)17)21(19,20)18-11(2)12-6-4-3-5-7-12/h8-9,11-12,18H,3-7,17H2,1-2H3. The number of hydrogen-bond acceptors (Lipinski definition) is 3. The minimum absolute atomic E-state index is 0.0647. The van der Waals surface area contributed by atoms with Crippen molar-refractivity contribution in [2.45, 2.75) is 56.9 Å². The van der Waals surface area contributed by atoms with Gasteiger partial charge in [0.2, 0.25) is 10.0 Å². The van der Waals surface area contributed by atoms with Gasteiger partial charge in [0, 0.05) is 11.7 Å². The first-order valence-electron chi connectivity index (χ1n) is 7.39. The molecular formula is C15H23ClN2O2S. The summed E-state index contributed by atoms with van der Waals surface area (Å²) in [6.45, 7) is 3.73. The van der Waals surface area contributed by atoms with Crippen LogP contribution in [0.4, 0.5) is 5.69 Å². The lowest BCUT2D eigenvalue weighted by atomic mass is 9.85. The normalized spacial score (nSPS) is 18.6. The van der Waals surface area contributed by atoms with Crippen molar-refractivity contribution in [3.63, 3.8) is 0 Å². The highest BCUT2D eigenvalue weighted by molar-refractivity contribution is 7.89. The molecule has 21 heavy (non-hydrogen) atoms. The van der Waals surface area contributed by atoms with Gasteiger partial charge in [0.25, 0.3) is 0 Å². The smallest absolute Gasteiger partial charge is 0.242 e. The number of nitrogen functional groups attached to an aromatic ring is 1. The van der Waals surface area contributed by atoms with Crippen LogP contribution in [0.5, 0.6) is 0 Å². The van der Waals surface area contributed by atoms with E-state index in [-0.39, 0.29) is 16.0 Å². The summed E-state index contributed by atoms with van der Waals surface area (Å²) in [6.07, 6.45) is 5.75. The van der Waals surface area contributed by atoms with E-state index in [1.54, 1.807) is 13.0 Å². The molecule has 1 aliphatic carbocycles. The van der Waals surface area contributed by atoms with Gasteiger partial charge >= 0.3 is 0 Å². The second-order valence-electron chi connectivity index (χ2n) is 5.95. The molecule has 0 aromatic heterocycles. The van der Waals surface area contributed by atoms with Crippen LogP contribution in [0.2, 0.25) is 5.02 Å². The number of sulfonamides is 1. The highest BCUT2D eigenvalue weighted by atomic mass is 35.5. The van der Waals surface area contributed by atoms with Gasteiger partial charge in [-0.25, -0.2) is 13.1 Å². The molecule has 2 rings (SSSR count). The topological polar surface area (TPSA) is 72.2 Å². The summed E-state index contributed by atoms with van der Waals surface area (Å²) in [5, 5.41) is 0.213. The van der Waals surface area contributed by atoms with E-state index < -0.39 is 10.0 Å². The van der Waals surface area contributed by atoms with Crippen LogP contribution < -0.4 is 10.5 Å². The van der Waals surface area contributed by atoms with Crippen LogP contribution in [0, 0.1) is 12.8 Å². The number of halogens is 1. The average Bonchev–Trinajstić information content (AvgIpc) is 2.43. The van der Waals surface area contributed by atoms with Gasteiger partial charge in [0.1, 0.15) is 4.90 Å². The van der Waals surface area contributed by atoms with Crippen LogP contribution in [0.1, 0.15) is 44.6 Å². The molecule has 118 valence electrons. The second-order valence-corrected chi connectivity index (χ2v) is 8.04. The van der Waals surface area contributed by atoms with Crippen molar-refractivity contribution < 1.29 is 8.42 Å². The minimum atomic E-state index is -3.64. The molecule has 1 aromatic carbocycles. The van der Waals surface area contributed by atoms with Crippen LogP contribution >= 0.6 is 11.6 Å². The lowest BCUT2D eigenvalue weighted by Gasteiger charge is -2.28. The Morgan fingerprint density at radius 2 is 1.90 bits per heavy atom. The maximum Gasteiger partial charge on any atom is 0.242 e.